The number of carbonyl (C=O) groups is 1. The maximum atomic E-state index is 12.4. The molecule has 1 aromatic rings. The van der Waals surface area contributed by atoms with Gasteiger partial charge in [0.05, 0.1) is 18.2 Å². The summed E-state index contributed by atoms with van der Waals surface area (Å²) < 4.78 is 29.4. The Morgan fingerprint density at radius 3 is 2.60 bits per heavy atom. The average molecular weight is 238 g/mol. The first-order valence-corrected chi connectivity index (χ1v) is 4.14. The lowest BCUT2D eigenvalue weighted by Gasteiger charge is -2.06. The fraction of sp³-hybridized carbons (Fsp3) is 0.250. The minimum absolute atomic E-state index is 0.103. The Kier molecular flexibility index (Phi) is 3.41. The number of halogens is 3. The van der Waals surface area contributed by atoms with Crippen molar-refractivity contribution in [1.82, 2.24) is 4.98 Å². The van der Waals surface area contributed by atoms with Crippen LogP contribution < -0.4 is 10.3 Å². The fourth-order valence-electron chi connectivity index (χ4n) is 1.04. The quantitative estimate of drug-likeness (QED) is 0.814. The molecule has 0 atom stereocenters. The zero-order valence-electron chi connectivity index (χ0n) is 7.51. The molecule has 7 heteroatoms. The zero-order chi connectivity index (χ0) is 11.6. The first-order valence-electron chi connectivity index (χ1n) is 3.76. The zero-order valence-corrected chi connectivity index (χ0v) is 8.27. The summed E-state index contributed by atoms with van der Waals surface area (Å²) in [6, 6.07) is 0.957. The van der Waals surface area contributed by atoms with Gasteiger partial charge in [-0.05, 0) is 11.6 Å². The Labute approximate surface area is 87.8 Å². The number of aromatic nitrogens is 1. The molecule has 1 rings (SSSR count). The predicted octanol–water partition coefficient (Wildman–Crippen LogP) is 1.70. The number of ether oxygens (including phenoxy) is 1. The van der Waals surface area contributed by atoms with E-state index in [9.17, 15) is 18.4 Å². The van der Waals surface area contributed by atoms with Gasteiger partial charge in [0.2, 0.25) is 0 Å². The molecule has 1 heterocycles. The summed E-state index contributed by atoms with van der Waals surface area (Å²) in [7, 11) is 1.22. The van der Waals surface area contributed by atoms with Crippen LogP contribution in [0.4, 0.5) is 8.78 Å². The van der Waals surface area contributed by atoms with E-state index in [1.54, 1.807) is 0 Å². The smallest absolute Gasteiger partial charge is 0.269 e. The minimum Gasteiger partial charge on any atom is -0.482 e. The van der Waals surface area contributed by atoms with Gasteiger partial charge < -0.3 is 4.74 Å². The Morgan fingerprint density at radius 2 is 2.20 bits per heavy atom. The molecule has 15 heavy (non-hydrogen) atoms. The molecule has 0 radical (unpaired) electrons. The highest BCUT2D eigenvalue weighted by Gasteiger charge is 2.22. The van der Waals surface area contributed by atoms with Crippen molar-refractivity contribution in [3.05, 3.63) is 27.5 Å². The van der Waals surface area contributed by atoms with E-state index in [-0.39, 0.29) is 5.88 Å². The molecule has 0 spiro atoms. The number of pyridine rings is 1. The van der Waals surface area contributed by atoms with E-state index in [2.05, 4.69) is 4.74 Å². The van der Waals surface area contributed by atoms with Crippen LogP contribution in [0.2, 0.25) is 0 Å². The van der Waals surface area contributed by atoms with E-state index < -0.39 is 28.4 Å². The molecule has 82 valence electrons. The number of methoxy groups -OCH3 is 1. The van der Waals surface area contributed by atoms with Gasteiger partial charge in [-0.1, -0.05) is 0 Å². The lowest BCUT2D eigenvalue weighted by atomic mass is 10.1. The second-order valence-corrected chi connectivity index (χ2v) is 2.91. The van der Waals surface area contributed by atoms with Gasteiger partial charge in [0.15, 0.2) is 5.88 Å². The third-order valence-corrected chi connectivity index (χ3v) is 1.90. The number of aromatic amines is 1. The van der Waals surface area contributed by atoms with Gasteiger partial charge >= 0.3 is 0 Å². The van der Waals surface area contributed by atoms with Crippen molar-refractivity contribution in [3.8, 4) is 5.88 Å². The molecule has 0 aromatic carbocycles. The molecule has 0 aliphatic rings. The molecule has 1 N–H and O–H groups in total. The van der Waals surface area contributed by atoms with Gasteiger partial charge in [0.25, 0.3) is 17.2 Å². The second-order valence-electron chi connectivity index (χ2n) is 2.57. The summed E-state index contributed by atoms with van der Waals surface area (Å²) in [5.74, 6) is -0.103. The summed E-state index contributed by atoms with van der Waals surface area (Å²) in [6.45, 7) is 0. The third kappa shape index (κ3) is 2.33. The third-order valence-electron chi connectivity index (χ3n) is 1.70. The normalized spacial score (nSPS) is 10.5. The number of H-pyrrole nitrogens is 1. The van der Waals surface area contributed by atoms with Crippen molar-refractivity contribution in [1.29, 1.82) is 0 Å². The van der Waals surface area contributed by atoms with E-state index >= 15 is 0 Å². The predicted molar refractivity (Wildman–Crippen MR) is 48.8 cm³/mol. The molecule has 0 unspecified atom stereocenters. The van der Waals surface area contributed by atoms with Crippen LogP contribution in [-0.2, 0) is 0 Å². The highest BCUT2D eigenvalue weighted by atomic mass is 35.5. The summed E-state index contributed by atoms with van der Waals surface area (Å²) in [5, 5.41) is -1.13. The van der Waals surface area contributed by atoms with E-state index in [0.29, 0.717) is 0 Å². The van der Waals surface area contributed by atoms with Gasteiger partial charge in [-0.25, -0.2) is 8.78 Å². The van der Waals surface area contributed by atoms with Crippen molar-refractivity contribution >= 4 is 16.8 Å². The molecule has 0 fully saturated rings. The molecular weight excluding hydrogens is 232 g/mol. The van der Waals surface area contributed by atoms with Crippen molar-refractivity contribution < 1.29 is 18.3 Å². The van der Waals surface area contributed by atoms with Gasteiger partial charge in [0, 0.05) is 6.07 Å². The maximum absolute atomic E-state index is 12.4. The van der Waals surface area contributed by atoms with Crippen LogP contribution in [0.3, 0.4) is 0 Å². The van der Waals surface area contributed by atoms with Gasteiger partial charge in [-0.3, -0.25) is 14.6 Å². The Bertz CT molecular complexity index is 444. The maximum Gasteiger partial charge on any atom is 0.269 e. The minimum atomic E-state index is -3.07. The first kappa shape index (κ1) is 11.6. The number of hydrogen-bond acceptors (Lipinski definition) is 3. The molecule has 0 aliphatic heterocycles. The summed E-state index contributed by atoms with van der Waals surface area (Å²) in [4.78, 5) is 24.0. The van der Waals surface area contributed by atoms with Crippen LogP contribution in [-0.4, -0.2) is 17.3 Å². The molecule has 1 aromatic heterocycles. The summed E-state index contributed by atoms with van der Waals surface area (Å²) in [6.07, 6.45) is -3.07. The Hall–Kier alpha value is -1.43. The molecular formula is C8H6ClF2NO3. The second kappa shape index (κ2) is 4.39. The number of rotatable bonds is 3. The van der Waals surface area contributed by atoms with E-state index in [1.807, 2.05) is 4.98 Å². The lowest BCUT2D eigenvalue weighted by Crippen LogP contribution is -2.18. The molecule has 0 aliphatic carbocycles. The average Bonchev–Trinajstić information content (AvgIpc) is 2.15. The van der Waals surface area contributed by atoms with Crippen LogP contribution in [0.25, 0.3) is 0 Å². The standard InChI is InChI=1S/C8H6ClF2NO3/c1-15-4-2-3(6(9)13)5(7(10)11)8(14)12-4/h2,7H,1H3,(H,12,14). The van der Waals surface area contributed by atoms with Gasteiger partial charge in [-0.15, -0.1) is 0 Å². The summed E-state index contributed by atoms with van der Waals surface area (Å²) >= 11 is 5.07. The highest BCUT2D eigenvalue weighted by molar-refractivity contribution is 6.67. The Morgan fingerprint density at radius 1 is 1.60 bits per heavy atom. The fourth-order valence-corrected chi connectivity index (χ4v) is 1.19. The lowest BCUT2D eigenvalue weighted by molar-refractivity contribution is 0.106. The van der Waals surface area contributed by atoms with Crippen LogP contribution >= 0.6 is 11.6 Å². The van der Waals surface area contributed by atoms with E-state index in [1.165, 1.54) is 7.11 Å². The van der Waals surface area contributed by atoms with Gasteiger partial charge in [0.1, 0.15) is 0 Å². The highest BCUT2D eigenvalue weighted by Crippen LogP contribution is 2.22. The number of hydrogen-bond donors (Lipinski definition) is 1. The SMILES string of the molecule is COc1cc(C(=O)Cl)c(C(F)F)c(=O)[nH]1. The number of alkyl halides is 2. The van der Waals surface area contributed by atoms with E-state index in [4.69, 9.17) is 11.6 Å². The van der Waals surface area contributed by atoms with Crippen LogP contribution in [0.1, 0.15) is 22.3 Å². The topological polar surface area (TPSA) is 59.2 Å². The van der Waals surface area contributed by atoms with Crippen molar-refractivity contribution in [3.63, 3.8) is 0 Å². The van der Waals surface area contributed by atoms with Gasteiger partial charge in [-0.2, -0.15) is 0 Å². The molecule has 0 saturated carbocycles. The van der Waals surface area contributed by atoms with Crippen molar-refractivity contribution in [2.45, 2.75) is 6.43 Å². The monoisotopic (exact) mass is 237 g/mol. The first-order chi connectivity index (χ1) is 6.97. The van der Waals surface area contributed by atoms with E-state index in [0.717, 1.165) is 6.07 Å². The molecule has 4 nitrogen and oxygen atoms in total. The number of nitrogens with one attached hydrogen (secondary N) is 1. The molecule has 0 bridgehead atoms. The van der Waals surface area contributed by atoms with Crippen molar-refractivity contribution in [2.75, 3.05) is 7.11 Å². The largest absolute Gasteiger partial charge is 0.482 e. The van der Waals surface area contributed by atoms with Crippen molar-refractivity contribution in [2.24, 2.45) is 0 Å². The van der Waals surface area contributed by atoms with Crippen LogP contribution in [0.15, 0.2) is 10.9 Å². The summed E-state index contributed by atoms with van der Waals surface area (Å²) in [5.41, 5.74) is -2.59. The molecule has 0 amide bonds. The van der Waals surface area contributed by atoms with Crippen LogP contribution in [0.5, 0.6) is 5.88 Å². The van der Waals surface area contributed by atoms with Crippen LogP contribution in [0, 0.1) is 0 Å². The molecule has 0 saturated heterocycles. The number of carbonyl (C=O) groups excluding carboxylic acids is 1. The Balaban J connectivity index is 3.50.